The molecular formula is C24H27N3O2S. The topological polar surface area (TPSA) is 55.7 Å². The molecule has 0 saturated carbocycles. The summed E-state index contributed by atoms with van der Waals surface area (Å²) in [7, 11) is 0. The summed E-state index contributed by atoms with van der Waals surface area (Å²) < 4.78 is 11.8. The molecule has 0 bridgehead atoms. The zero-order valence-corrected chi connectivity index (χ0v) is 18.2. The quantitative estimate of drug-likeness (QED) is 0.228. The first-order valence-corrected chi connectivity index (χ1v) is 11.0. The Bertz CT molecular complexity index is 983. The van der Waals surface area contributed by atoms with Crippen molar-refractivity contribution in [1.29, 1.82) is 0 Å². The minimum Gasteiger partial charge on any atom is -0.490 e. The van der Waals surface area contributed by atoms with Crippen molar-refractivity contribution in [3.8, 4) is 22.8 Å². The summed E-state index contributed by atoms with van der Waals surface area (Å²) in [5.41, 5.74) is 7.00. The summed E-state index contributed by atoms with van der Waals surface area (Å²) in [6, 6.07) is 14.1. The molecule has 0 aliphatic rings. The lowest BCUT2D eigenvalue weighted by Gasteiger charge is -2.16. The highest BCUT2D eigenvalue weighted by atomic mass is 32.1. The Hall–Kier alpha value is -3.12. The average Bonchev–Trinajstić information content (AvgIpc) is 3.23. The van der Waals surface area contributed by atoms with Crippen LogP contribution in [0.25, 0.3) is 11.3 Å². The Morgan fingerprint density at radius 2 is 2.00 bits per heavy atom. The van der Waals surface area contributed by atoms with Crippen LogP contribution in [0.1, 0.15) is 31.4 Å². The number of aromatic nitrogens is 1. The zero-order valence-electron chi connectivity index (χ0n) is 17.4. The molecule has 30 heavy (non-hydrogen) atoms. The van der Waals surface area contributed by atoms with Gasteiger partial charge in [0.15, 0.2) is 11.5 Å². The van der Waals surface area contributed by atoms with E-state index >= 15 is 0 Å². The van der Waals surface area contributed by atoms with Crippen LogP contribution in [0.4, 0.5) is 5.13 Å². The van der Waals surface area contributed by atoms with Crippen LogP contribution in [-0.2, 0) is 6.42 Å². The van der Waals surface area contributed by atoms with Crippen molar-refractivity contribution in [2.45, 2.75) is 26.7 Å². The molecule has 3 rings (SSSR count). The van der Waals surface area contributed by atoms with Crippen molar-refractivity contribution in [2.24, 2.45) is 5.10 Å². The first-order chi connectivity index (χ1) is 14.7. The van der Waals surface area contributed by atoms with Crippen molar-refractivity contribution in [2.75, 3.05) is 18.6 Å². The molecular weight excluding hydrogens is 394 g/mol. The molecule has 1 N–H and O–H groups in total. The molecule has 0 atom stereocenters. The maximum absolute atomic E-state index is 5.95. The lowest BCUT2D eigenvalue weighted by atomic mass is 10.1. The number of rotatable bonds is 11. The normalized spacial score (nSPS) is 10.9. The van der Waals surface area contributed by atoms with Crippen molar-refractivity contribution >= 4 is 22.7 Å². The van der Waals surface area contributed by atoms with Crippen LogP contribution in [0, 0.1) is 0 Å². The maximum Gasteiger partial charge on any atom is 0.203 e. The smallest absolute Gasteiger partial charge is 0.203 e. The molecule has 156 valence electrons. The number of hydrogen-bond donors (Lipinski definition) is 1. The van der Waals surface area contributed by atoms with E-state index in [2.05, 4.69) is 35.1 Å². The van der Waals surface area contributed by atoms with Crippen LogP contribution in [-0.4, -0.2) is 24.4 Å². The van der Waals surface area contributed by atoms with Crippen molar-refractivity contribution in [1.82, 2.24) is 4.98 Å². The standard InChI is InChI=1S/C24H27N3O2S/c1-4-10-20-14-18(15-22(28-6-3)23(20)29-13-5-2)16-25-27-24-26-21(17-30-24)19-11-8-7-9-12-19/h4,7-9,11-12,14-17H,1,5-6,10,13H2,2-3H3,(H,26,27). The molecule has 3 aromatic rings. The van der Waals surface area contributed by atoms with Crippen LogP contribution in [0.5, 0.6) is 11.5 Å². The van der Waals surface area contributed by atoms with Gasteiger partial charge < -0.3 is 9.47 Å². The van der Waals surface area contributed by atoms with Gasteiger partial charge in [-0.05, 0) is 37.5 Å². The molecule has 1 aromatic heterocycles. The molecule has 0 aliphatic carbocycles. The summed E-state index contributed by atoms with van der Waals surface area (Å²) >= 11 is 1.52. The highest BCUT2D eigenvalue weighted by Crippen LogP contribution is 2.34. The molecule has 2 aromatic carbocycles. The van der Waals surface area contributed by atoms with Gasteiger partial charge in [-0.2, -0.15) is 5.10 Å². The summed E-state index contributed by atoms with van der Waals surface area (Å²) in [6.45, 7) is 9.12. The summed E-state index contributed by atoms with van der Waals surface area (Å²) in [5.74, 6) is 1.52. The van der Waals surface area contributed by atoms with Gasteiger partial charge in [0.2, 0.25) is 5.13 Å². The first kappa shape index (κ1) is 21.6. The Balaban J connectivity index is 1.77. The third-order valence-corrected chi connectivity index (χ3v) is 4.96. The third kappa shape index (κ3) is 5.70. The largest absolute Gasteiger partial charge is 0.490 e. The number of hydrogen-bond acceptors (Lipinski definition) is 6. The second-order valence-corrected chi connectivity index (χ2v) is 7.41. The number of hydrazone groups is 1. The molecule has 0 radical (unpaired) electrons. The van der Waals surface area contributed by atoms with E-state index in [1.807, 2.05) is 54.8 Å². The molecule has 0 spiro atoms. The van der Waals surface area contributed by atoms with Crippen LogP contribution in [0.2, 0.25) is 0 Å². The number of nitrogens with zero attached hydrogens (tertiary/aromatic N) is 2. The number of allylic oxidation sites excluding steroid dienone is 1. The molecule has 0 saturated heterocycles. The molecule has 0 unspecified atom stereocenters. The van der Waals surface area contributed by atoms with Gasteiger partial charge in [0.25, 0.3) is 0 Å². The number of thiazole rings is 1. The van der Waals surface area contributed by atoms with E-state index in [4.69, 9.17) is 9.47 Å². The van der Waals surface area contributed by atoms with Crippen molar-refractivity contribution < 1.29 is 9.47 Å². The summed E-state index contributed by atoms with van der Waals surface area (Å²) in [6.07, 6.45) is 5.26. The fourth-order valence-corrected chi connectivity index (χ4v) is 3.59. The molecule has 0 fully saturated rings. The Kier molecular flexibility index (Phi) is 8.03. The lowest BCUT2D eigenvalue weighted by Crippen LogP contribution is -2.04. The Morgan fingerprint density at radius 3 is 2.73 bits per heavy atom. The molecule has 6 heteroatoms. The van der Waals surface area contributed by atoms with Crippen LogP contribution in [0.3, 0.4) is 0 Å². The molecule has 0 aliphatic heterocycles. The lowest BCUT2D eigenvalue weighted by molar-refractivity contribution is 0.275. The van der Waals surface area contributed by atoms with Gasteiger partial charge in [-0.15, -0.1) is 17.9 Å². The number of ether oxygens (including phenoxy) is 2. The van der Waals surface area contributed by atoms with E-state index in [9.17, 15) is 0 Å². The van der Waals surface area contributed by atoms with E-state index in [0.717, 1.165) is 45.4 Å². The van der Waals surface area contributed by atoms with E-state index in [1.54, 1.807) is 6.21 Å². The molecule has 0 amide bonds. The fraction of sp³-hybridized carbons (Fsp3) is 0.250. The van der Waals surface area contributed by atoms with Gasteiger partial charge in [-0.1, -0.05) is 43.3 Å². The van der Waals surface area contributed by atoms with Crippen molar-refractivity contribution in [3.63, 3.8) is 0 Å². The van der Waals surface area contributed by atoms with E-state index in [0.29, 0.717) is 19.6 Å². The minimum atomic E-state index is 0.566. The van der Waals surface area contributed by atoms with Crippen molar-refractivity contribution in [3.05, 3.63) is 71.6 Å². The van der Waals surface area contributed by atoms with E-state index in [1.165, 1.54) is 11.3 Å². The Morgan fingerprint density at radius 1 is 1.17 bits per heavy atom. The van der Waals surface area contributed by atoms with Gasteiger partial charge >= 0.3 is 0 Å². The maximum atomic E-state index is 5.95. The highest BCUT2D eigenvalue weighted by Gasteiger charge is 2.12. The zero-order chi connectivity index (χ0) is 21.2. The SMILES string of the molecule is C=CCc1cc(C=NNc2nc(-c3ccccc3)cs2)cc(OCC)c1OCCC. The monoisotopic (exact) mass is 421 g/mol. The van der Waals surface area contributed by atoms with Gasteiger partial charge in [-0.25, -0.2) is 4.98 Å². The molecule has 5 nitrogen and oxygen atoms in total. The summed E-state index contributed by atoms with van der Waals surface area (Å²) in [5, 5.41) is 7.12. The average molecular weight is 422 g/mol. The highest BCUT2D eigenvalue weighted by molar-refractivity contribution is 7.14. The van der Waals surface area contributed by atoms with Crippen LogP contribution >= 0.6 is 11.3 Å². The minimum absolute atomic E-state index is 0.566. The first-order valence-electron chi connectivity index (χ1n) is 10.1. The van der Waals surface area contributed by atoms with E-state index < -0.39 is 0 Å². The predicted molar refractivity (Wildman–Crippen MR) is 126 cm³/mol. The van der Waals surface area contributed by atoms with Gasteiger partial charge in [-0.3, -0.25) is 5.43 Å². The van der Waals surface area contributed by atoms with Gasteiger partial charge in [0, 0.05) is 16.5 Å². The summed E-state index contributed by atoms with van der Waals surface area (Å²) in [4.78, 5) is 4.59. The predicted octanol–water partition coefficient (Wildman–Crippen LogP) is 6.17. The fourth-order valence-electron chi connectivity index (χ4n) is 2.92. The van der Waals surface area contributed by atoms with Gasteiger partial charge in [0.05, 0.1) is 25.1 Å². The second kappa shape index (κ2) is 11.2. The number of nitrogens with one attached hydrogen (secondary N) is 1. The van der Waals surface area contributed by atoms with E-state index in [-0.39, 0.29) is 0 Å². The number of benzene rings is 2. The van der Waals surface area contributed by atoms with Gasteiger partial charge in [0.1, 0.15) is 0 Å². The second-order valence-electron chi connectivity index (χ2n) is 6.56. The van der Waals surface area contributed by atoms with Crippen LogP contribution in [0.15, 0.2) is 65.6 Å². The third-order valence-electron chi connectivity index (χ3n) is 4.22. The Labute approximate surface area is 182 Å². The molecule has 1 heterocycles. The van der Waals surface area contributed by atoms with Crippen LogP contribution < -0.4 is 14.9 Å². The number of anilines is 1.